The van der Waals surface area contributed by atoms with E-state index in [0.29, 0.717) is 12.8 Å². The van der Waals surface area contributed by atoms with Crippen molar-refractivity contribution in [2.24, 2.45) is 5.73 Å². The summed E-state index contributed by atoms with van der Waals surface area (Å²) < 4.78 is 32.6. The number of nitrogens with two attached hydrogens (primary N) is 1. The normalized spacial score (nSPS) is 13.6. The predicted molar refractivity (Wildman–Crippen MR) is 201 cm³/mol. The van der Waals surface area contributed by atoms with E-state index in [-0.39, 0.29) is 32.6 Å². The van der Waals surface area contributed by atoms with Crippen LogP contribution in [-0.2, 0) is 32.7 Å². The lowest BCUT2D eigenvalue weighted by molar-refractivity contribution is -0.161. The third-order valence-corrected chi connectivity index (χ3v) is 9.32. The predicted octanol–water partition coefficient (Wildman–Crippen LogP) is 10.8. The highest BCUT2D eigenvalue weighted by Gasteiger charge is 2.25. The summed E-state index contributed by atoms with van der Waals surface area (Å²) in [5.41, 5.74) is 5.33. The van der Waals surface area contributed by atoms with Gasteiger partial charge in [-0.2, -0.15) is 0 Å². The Morgan fingerprint density at radius 1 is 0.592 bits per heavy atom. The van der Waals surface area contributed by atoms with Crippen LogP contribution in [0.25, 0.3) is 0 Å². The standard InChI is InChI=1S/C39H74NO8P/c1-3-5-7-9-11-13-15-17-18-20-22-24-26-28-30-32-39(42)48-37(36-47-49(43,44)46-34-33-40)35-45-38(41)31-29-27-25-23-21-19-16-14-12-10-8-6-4-2/h25-28,37H,3-24,29-36,40H2,1-2H3,(H,43,44). The van der Waals surface area contributed by atoms with Crippen LogP contribution in [0.4, 0.5) is 0 Å². The molecule has 0 saturated heterocycles. The first-order valence-corrected chi connectivity index (χ1v) is 21.3. The first-order chi connectivity index (χ1) is 23.8. The van der Waals surface area contributed by atoms with E-state index in [2.05, 4.69) is 26.0 Å². The SMILES string of the molecule is CCCCCCCCCCCC=CCCC(=O)OCC(COP(=O)(O)OCCN)OC(=O)CCC=CCCCCCCCCCCCCC. The maximum absolute atomic E-state index is 12.5. The molecule has 0 spiro atoms. The third kappa shape index (κ3) is 36.1. The fourth-order valence-electron chi connectivity index (χ4n) is 5.37. The molecule has 0 fully saturated rings. The smallest absolute Gasteiger partial charge is 0.462 e. The van der Waals surface area contributed by atoms with Gasteiger partial charge in [0, 0.05) is 19.4 Å². The van der Waals surface area contributed by atoms with Crippen molar-refractivity contribution in [1.82, 2.24) is 0 Å². The van der Waals surface area contributed by atoms with Crippen molar-refractivity contribution in [3.8, 4) is 0 Å². The number of hydrogen-bond acceptors (Lipinski definition) is 8. The molecule has 0 aromatic rings. The van der Waals surface area contributed by atoms with Crippen LogP contribution in [0, 0.1) is 0 Å². The van der Waals surface area contributed by atoms with Gasteiger partial charge in [-0.15, -0.1) is 0 Å². The minimum atomic E-state index is -4.38. The topological polar surface area (TPSA) is 134 Å². The molecule has 0 aromatic carbocycles. The van der Waals surface area contributed by atoms with E-state index in [1.54, 1.807) is 0 Å². The lowest BCUT2D eigenvalue weighted by atomic mass is 10.1. The van der Waals surface area contributed by atoms with Gasteiger partial charge >= 0.3 is 19.8 Å². The largest absolute Gasteiger partial charge is 0.472 e. The van der Waals surface area contributed by atoms with Crippen LogP contribution >= 0.6 is 7.82 Å². The number of carbonyl (C=O) groups excluding carboxylic acids is 2. The van der Waals surface area contributed by atoms with Crippen molar-refractivity contribution in [1.29, 1.82) is 0 Å². The molecule has 0 heterocycles. The fraction of sp³-hybridized carbons (Fsp3) is 0.846. The molecule has 0 amide bonds. The Bertz CT molecular complexity index is 866. The van der Waals surface area contributed by atoms with Gasteiger partial charge in [0.15, 0.2) is 6.10 Å². The summed E-state index contributed by atoms with van der Waals surface area (Å²) in [4.78, 5) is 34.6. The van der Waals surface area contributed by atoms with Crippen LogP contribution in [0.5, 0.6) is 0 Å². The van der Waals surface area contributed by atoms with E-state index in [9.17, 15) is 19.0 Å². The van der Waals surface area contributed by atoms with Crippen molar-refractivity contribution in [2.75, 3.05) is 26.4 Å². The molecule has 0 aliphatic carbocycles. The summed E-state index contributed by atoms with van der Waals surface area (Å²) >= 11 is 0. The molecule has 0 radical (unpaired) electrons. The Morgan fingerprint density at radius 2 is 1.00 bits per heavy atom. The van der Waals surface area contributed by atoms with Crippen molar-refractivity contribution >= 4 is 19.8 Å². The second-order valence-corrected chi connectivity index (χ2v) is 14.6. The molecule has 49 heavy (non-hydrogen) atoms. The van der Waals surface area contributed by atoms with E-state index >= 15 is 0 Å². The number of hydrogen-bond donors (Lipinski definition) is 2. The summed E-state index contributed by atoms with van der Waals surface area (Å²) in [6.45, 7) is 3.64. The van der Waals surface area contributed by atoms with E-state index < -0.39 is 32.5 Å². The van der Waals surface area contributed by atoms with Gasteiger partial charge in [0.1, 0.15) is 6.61 Å². The molecule has 10 heteroatoms. The quantitative estimate of drug-likeness (QED) is 0.0279. The minimum Gasteiger partial charge on any atom is -0.462 e. The maximum Gasteiger partial charge on any atom is 0.472 e. The van der Waals surface area contributed by atoms with Crippen LogP contribution in [-0.4, -0.2) is 49.3 Å². The molecular weight excluding hydrogens is 641 g/mol. The number of ether oxygens (including phenoxy) is 2. The molecule has 0 bridgehead atoms. The highest BCUT2D eigenvalue weighted by molar-refractivity contribution is 7.47. The van der Waals surface area contributed by atoms with Crippen molar-refractivity contribution in [2.45, 2.75) is 187 Å². The van der Waals surface area contributed by atoms with E-state index in [1.807, 2.05) is 12.2 Å². The minimum absolute atomic E-state index is 0.0460. The van der Waals surface area contributed by atoms with Gasteiger partial charge in [-0.25, -0.2) is 4.57 Å². The van der Waals surface area contributed by atoms with E-state index in [1.165, 1.54) is 116 Å². The van der Waals surface area contributed by atoms with Gasteiger partial charge in [0.2, 0.25) is 0 Å². The van der Waals surface area contributed by atoms with Crippen LogP contribution < -0.4 is 5.73 Å². The Balaban J connectivity index is 4.28. The number of carbonyl (C=O) groups is 2. The summed E-state index contributed by atoms with van der Waals surface area (Å²) in [5, 5.41) is 0. The molecular formula is C39H74NO8P. The summed E-state index contributed by atoms with van der Waals surface area (Å²) in [5.74, 6) is -0.940. The van der Waals surface area contributed by atoms with Crippen molar-refractivity contribution in [3.63, 3.8) is 0 Å². The van der Waals surface area contributed by atoms with Crippen molar-refractivity contribution in [3.05, 3.63) is 24.3 Å². The fourth-order valence-corrected chi connectivity index (χ4v) is 6.14. The Morgan fingerprint density at radius 3 is 1.45 bits per heavy atom. The Labute approximate surface area is 300 Å². The zero-order valence-corrected chi connectivity index (χ0v) is 32.3. The molecule has 2 unspecified atom stereocenters. The first kappa shape index (κ1) is 47.5. The molecule has 0 aliphatic heterocycles. The lowest BCUT2D eigenvalue weighted by Crippen LogP contribution is -2.29. The Kier molecular flexibility index (Phi) is 35.2. The molecule has 3 N–H and O–H groups in total. The van der Waals surface area contributed by atoms with Crippen LogP contribution in [0.2, 0.25) is 0 Å². The molecule has 0 rings (SSSR count). The second-order valence-electron chi connectivity index (χ2n) is 13.1. The lowest BCUT2D eigenvalue weighted by Gasteiger charge is -2.19. The molecule has 288 valence electrons. The van der Waals surface area contributed by atoms with Gasteiger partial charge in [-0.1, -0.05) is 154 Å². The Hall–Kier alpha value is -1.51. The number of unbranched alkanes of at least 4 members (excludes halogenated alkanes) is 20. The number of rotatable bonds is 37. The number of phosphoric acid groups is 1. The van der Waals surface area contributed by atoms with Crippen LogP contribution in [0.3, 0.4) is 0 Å². The van der Waals surface area contributed by atoms with E-state index in [0.717, 1.165) is 25.7 Å². The first-order valence-electron chi connectivity index (χ1n) is 19.8. The van der Waals surface area contributed by atoms with E-state index in [4.69, 9.17) is 24.3 Å². The highest BCUT2D eigenvalue weighted by atomic mass is 31.2. The van der Waals surface area contributed by atoms with Crippen molar-refractivity contribution < 1.29 is 37.6 Å². The van der Waals surface area contributed by atoms with Gasteiger partial charge in [-0.3, -0.25) is 18.6 Å². The van der Waals surface area contributed by atoms with Gasteiger partial charge < -0.3 is 20.1 Å². The molecule has 0 aromatic heterocycles. The number of esters is 2. The third-order valence-electron chi connectivity index (χ3n) is 8.34. The average Bonchev–Trinajstić information content (AvgIpc) is 3.08. The zero-order chi connectivity index (χ0) is 36.1. The zero-order valence-electron chi connectivity index (χ0n) is 31.4. The van der Waals surface area contributed by atoms with Gasteiger partial charge in [-0.05, 0) is 38.5 Å². The molecule has 2 atom stereocenters. The second kappa shape index (κ2) is 36.3. The van der Waals surface area contributed by atoms with Crippen LogP contribution in [0.1, 0.15) is 181 Å². The monoisotopic (exact) mass is 716 g/mol. The number of allylic oxidation sites excluding steroid dienone is 4. The maximum atomic E-state index is 12.5. The average molecular weight is 716 g/mol. The number of phosphoric ester groups is 1. The highest BCUT2D eigenvalue weighted by Crippen LogP contribution is 2.43. The summed E-state index contributed by atoms with van der Waals surface area (Å²) in [7, 11) is -4.38. The molecule has 9 nitrogen and oxygen atoms in total. The van der Waals surface area contributed by atoms with Gasteiger partial charge in [0.25, 0.3) is 0 Å². The molecule has 0 aliphatic rings. The molecule has 0 saturated carbocycles. The van der Waals surface area contributed by atoms with Crippen LogP contribution in [0.15, 0.2) is 24.3 Å². The summed E-state index contributed by atoms with van der Waals surface area (Å²) in [6, 6.07) is 0. The van der Waals surface area contributed by atoms with Gasteiger partial charge in [0.05, 0.1) is 13.2 Å². The summed E-state index contributed by atoms with van der Waals surface area (Å²) in [6.07, 6.45) is 36.6.